The smallest absolute Gasteiger partial charge is 0.0638 e. The molecule has 0 aliphatic rings. The lowest BCUT2D eigenvalue weighted by atomic mass is 10.2. The molecule has 0 radical (unpaired) electrons. The first-order valence-corrected chi connectivity index (χ1v) is 4.34. The van der Waals surface area contributed by atoms with Crippen molar-refractivity contribution in [1.29, 1.82) is 5.26 Å². The quantitative estimate of drug-likeness (QED) is 0.662. The zero-order valence-electron chi connectivity index (χ0n) is 8.46. The van der Waals surface area contributed by atoms with Crippen molar-refractivity contribution in [3.05, 3.63) is 0 Å². The number of rotatable bonds is 5. The molecule has 0 spiro atoms. The molecule has 0 aromatic rings. The normalized spacial score (nSPS) is 15.7. The maximum Gasteiger partial charge on any atom is 0.0638 e. The fraction of sp³-hybridized carbons (Fsp3) is 0.889. The Morgan fingerprint density at radius 2 is 1.92 bits per heavy atom. The molecule has 12 heavy (non-hydrogen) atoms. The minimum atomic E-state index is 0.296. The molecule has 2 unspecified atom stereocenters. The average Bonchev–Trinajstić information content (AvgIpc) is 1.84. The van der Waals surface area contributed by atoms with Gasteiger partial charge in [-0.1, -0.05) is 0 Å². The van der Waals surface area contributed by atoms with Crippen molar-refractivity contribution in [3.8, 4) is 6.07 Å². The molecule has 0 rings (SSSR count). The standard InChI is InChI=1S/C9H19N3/c1-8(5-6-10)11-9(2)7-12(3)4/h8-9,11H,5,7H2,1-4H3. The van der Waals surface area contributed by atoms with Gasteiger partial charge in [0.05, 0.1) is 12.5 Å². The van der Waals surface area contributed by atoms with Crippen molar-refractivity contribution in [2.75, 3.05) is 20.6 Å². The van der Waals surface area contributed by atoms with Crippen LogP contribution in [0, 0.1) is 11.3 Å². The Hall–Kier alpha value is -0.590. The third kappa shape index (κ3) is 6.14. The van der Waals surface area contributed by atoms with Crippen molar-refractivity contribution in [2.24, 2.45) is 0 Å². The zero-order valence-corrected chi connectivity index (χ0v) is 8.46. The summed E-state index contributed by atoms with van der Waals surface area (Å²) >= 11 is 0. The number of nitrogens with zero attached hydrogens (tertiary/aromatic N) is 2. The van der Waals surface area contributed by atoms with Crippen LogP contribution in [0.15, 0.2) is 0 Å². The van der Waals surface area contributed by atoms with E-state index in [0.29, 0.717) is 18.5 Å². The SMILES string of the molecule is CC(CC#N)NC(C)CN(C)C. The molecule has 1 N–H and O–H groups in total. The van der Waals surface area contributed by atoms with Crippen LogP contribution in [0.25, 0.3) is 0 Å². The van der Waals surface area contributed by atoms with Crippen molar-refractivity contribution < 1.29 is 0 Å². The van der Waals surface area contributed by atoms with Crippen LogP contribution in [0.1, 0.15) is 20.3 Å². The van der Waals surface area contributed by atoms with Gasteiger partial charge in [-0.05, 0) is 27.9 Å². The molecule has 0 aliphatic carbocycles. The van der Waals surface area contributed by atoms with E-state index in [1.807, 2.05) is 21.0 Å². The third-order valence-electron chi connectivity index (χ3n) is 1.61. The van der Waals surface area contributed by atoms with E-state index >= 15 is 0 Å². The molecule has 0 heterocycles. The number of nitrogens with one attached hydrogen (secondary N) is 1. The fourth-order valence-corrected chi connectivity index (χ4v) is 1.28. The van der Waals surface area contributed by atoms with Crippen molar-refractivity contribution in [1.82, 2.24) is 10.2 Å². The Bertz CT molecular complexity index is 148. The van der Waals surface area contributed by atoms with Crippen LogP contribution < -0.4 is 5.32 Å². The van der Waals surface area contributed by atoms with Gasteiger partial charge in [-0.25, -0.2) is 0 Å². The van der Waals surface area contributed by atoms with Crippen LogP contribution in [0.5, 0.6) is 0 Å². The molecule has 0 amide bonds. The summed E-state index contributed by atoms with van der Waals surface area (Å²) in [5.74, 6) is 0. The lowest BCUT2D eigenvalue weighted by Gasteiger charge is -2.21. The highest BCUT2D eigenvalue weighted by Gasteiger charge is 2.06. The Morgan fingerprint density at radius 1 is 1.33 bits per heavy atom. The van der Waals surface area contributed by atoms with E-state index < -0.39 is 0 Å². The fourth-order valence-electron chi connectivity index (χ4n) is 1.28. The third-order valence-corrected chi connectivity index (χ3v) is 1.61. The largest absolute Gasteiger partial charge is 0.309 e. The van der Waals surface area contributed by atoms with E-state index in [-0.39, 0.29) is 0 Å². The maximum atomic E-state index is 8.43. The molecule has 2 atom stereocenters. The second kappa shape index (κ2) is 5.99. The van der Waals surface area contributed by atoms with Crippen molar-refractivity contribution in [2.45, 2.75) is 32.4 Å². The first kappa shape index (κ1) is 11.4. The zero-order chi connectivity index (χ0) is 9.56. The average molecular weight is 169 g/mol. The summed E-state index contributed by atoms with van der Waals surface area (Å²) in [6.45, 7) is 5.18. The summed E-state index contributed by atoms with van der Waals surface area (Å²) in [6.07, 6.45) is 0.581. The van der Waals surface area contributed by atoms with Gasteiger partial charge in [0.15, 0.2) is 0 Å². The highest BCUT2D eigenvalue weighted by Crippen LogP contribution is 1.92. The summed E-state index contributed by atoms with van der Waals surface area (Å²) in [5, 5.41) is 11.8. The van der Waals surface area contributed by atoms with Gasteiger partial charge in [0, 0.05) is 18.6 Å². The van der Waals surface area contributed by atoms with E-state index in [0.717, 1.165) is 6.54 Å². The van der Waals surface area contributed by atoms with Gasteiger partial charge in [-0.15, -0.1) is 0 Å². The predicted molar refractivity (Wildman–Crippen MR) is 50.8 cm³/mol. The maximum absolute atomic E-state index is 8.43. The van der Waals surface area contributed by atoms with Crippen LogP contribution in [-0.4, -0.2) is 37.6 Å². The Morgan fingerprint density at radius 3 is 2.33 bits per heavy atom. The number of hydrogen-bond donors (Lipinski definition) is 1. The van der Waals surface area contributed by atoms with Crippen LogP contribution >= 0.6 is 0 Å². The highest BCUT2D eigenvalue weighted by atomic mass is 15.1. The van der Waals surface area contributed by atoms with E-state index in [2.05, 4.69) is 23.2 Å². The second-order valence-corrected chi connectivity index (χ2v) is 3.59. The van der Waals surface area contributed by atoms with Gasteiger partial charge in [0.1, 0.15) is 0 Å². The Labute approximate surface area is 75.4 Å². The summed E-state index contributed by atoms with van der Waals surface area (Å²) in [7, 11) is 4.10. The molecule has 0 saturated heterocycles. The molecule has 0 saturated carbocycles. The molecule has 3 heteroatoms. The first-order valence-electron chi connectivity index (χ1n) is 4.34. The van der Waals surface area contributed by atoms with Crippen molar-refractivity contribution in [3.63, 3.8) is 0 Å². The molecule has 0 aliphatic heterocycles. The van der Waals surface area contributed by atoms with Crippen molar-refractivity contribution >= 4 is 0 Å². The Balaban J connectivity index is 3.55. The lowest BCUT2D eigenvalue weighted by molar-refractivity contribution is 0.334. The summed E-state index contributed by atoms with van der Waals surface area (Å²) in [6, 6.07) is 2.89. The van der Waals surface area contributed by atoms with Gasteiger partial charge in [0.2, 0.25) is 0 Å². The summed E-state index contributed by atoms with van der Waals surface area (Å²) < 4.78 is 0. The molecular weight excluding hydrogens is 150 g/mol. The number of hydrogen-bond acceptors (Lipinski definition) is 3. The minimum absolute atomic E-state index is 0.296. The topological polar surface area (TPSA) is 39.1 Å². The number of likely N-dealkylation sites (N-methyl/N-ethyl adjacent to an activating group) is 1. The second-order valence-electron chi connectivity index (χ2n) is 3.59. The van der Waals surface area contributed by atoms with E-state index in [9.17, 15) is 0 Å². The molecule has 0 bridgehead atoms. The van der Waals surface area contributed by atoms with Gasteiger partial charge in [0.25, 0.3) is 0 Å². The van der Waals surface area contributed by atoms with Crippen LogP contribution in [-0.2, 0) is 0 Å². The summed E-state index contributed by atoms with van der Waals surface area (Å²) in [4.78, 5) is 2.14. The Kier molecular flexibility index (Phi) is 5.69. The first-order chi connectivity index (χ1) is 5.56. The molecular formula is C9H19N3. The molecule has 0 aromatic carbocycles. The molecule has 0 aromatic heterocycles. The molecule has 70 valence electrons. The van der Waals surface area contributed by atoms with E-state index in [1.54, 1.807) is 0 Å². The van der Waals surface area contributed by atoms with E-state index in [1.165, 1.54) is 0 Å². The van der Waals surface area contributed by atoms with Gasteiger partial charge in [-0.3, -0.25) is 0 Å². The lowest BCUT2D eigenvalue weighted by Crippen LogP contribution is -2.40. The van der Waals surface area contributed by atoms with Crippen LogP contribution in [0.2, 0.25) is 0 Å². The monoisotopic (exact) mass is 169 g/mol. The predicted octanol–water partition coefficient (Wildman–Crippen LogP) is 0.828. The number of nitriles is 1. The van der Waals surface area contributed by atoms with Crippen LogP contribution in [0.3, 0.4) is 0 Å². The summed E-state index contributed by atoms with van der Waals surface area (Å²) in [5.41, 5.74) is 0. The van der Waals surface area contributed by atoms with Gasteiger partial charge < -0.3 is 10.2 Å². The van der Waals surface area contributed by atoms with Gasteiger partial charge >= 0.3 is 0 Å². The molecule has 0 fully saturated rings. The van der Waals surface area contributed by atoms with Crippen LogP contribution in [0.4, 0.5) is 0 Å². The highest BCUT2D eigenvalue weighted by molar-refractivity contribution is 4.79. The minimum Gasteiger partial charge on any atom is -0.309 e. The molecule has 3 nitrogen and oxygen atoms in total. The van der Waals surface area contributed by atoms with E-state index in [4.69, 9.17) is 5.26 Å². The van der Waals surface area contributed by atoms with Gasteiger partial charge in [-0.2, -0.15) is 5.26 Å².